The lowest BCUT2D eigenvalue weighted by Crippen LogP contribution is -2.17. The van der Waals surface area contributed by atoms with Crippen LogP contribution in [-0.2, 0) is 6.54 Å². The first-order valence-electron chi connectivity index (χ1n) is 7.39. The summed E-state index contributed by atoms with van der Waals surface area (Å²) < 4.78 is 16.6. The van der Waals surface area contributed by atoms with E-state index in [1.165, 1.54) is 29.5 Å². The quantitative estimate of drug-likeness (QED) is 0.654. The summed E-state index contributed by atoms with van der Waals surface area (Å²) in [5.74, 6) is 1.40. The molecule has 3 nitrogen and oxygen atoms in total. The number of benzene rings is 2. The van der Waals surface area contributed by atoms with Crippen LogP contribution in [0.2, 0.25) is 0 Å². The van der Waals surface area contributed by atoms with E-state index in [4.69, 9.17) is 6.42 Å². The Labute approximate surface area is 143 Å². The van der Waals surface area contributed by atoms with E-state index in [0.717, 1.165) is 21.3 Å². The fraction of sp³-hybridized carbons (Fsp3) is 0.158. The standard InChI is InChI=1S/C19H15FN2OS/c1-4-9-22-16-11-12(2)10-13(3)17(16)24-19(22)21-18(23)14-7-5-6-8-15(14)20/h1,5-8,10-11H,9H2,2-3H3. The van der Waals surface area contributed by atoms with Crippen molar-refractivity contribution in [2.75, 3.05) is 0 Å². The van der Waals surface area contributed by atoms with Crippen LogP contribution in [0, 0.1) is 32.0 Å². The Morgan fingerprint density at radius 2 is 2.08 bits per heavy atom. The van der Waals surface area contributed by atoms with Gasteiger partial charge in [-0.25, -0.2) is 4.39 Å². The largest absolute Gasteiger partial charge is 0.305 e. The molecule has 120 valence electrons. The van der Waals surface area contributed by atoms with Crippen molar-refractivity contribution in [3.05, 3.63) is 63.7 Å². The van der Waals surface area contributed by atoms with Crippen LogP contribution in [0.25, 0.3) is 10.2 Å². The summed E-state index contributed by atoms with van der Waals surface area (Å²) >= 11 is 1.39. The summed E-state index contributed by atoms with van der Waals surface area (Å²) in [6, 6.07) is 9.91. The molecule has 0 radical (unpaired) electrons. The van der Waals surface area contributed by atoms with Crippen molar-refractivity contribution in [3.8, 4) is 12.3 Å². The number of carbonyl (C=O) groups is 1. The molecule has 1 amide bonds. The monoisotopic (exact) mass is 338 g/mol. The number of hydrogen-bond acceptors (Lipinski definition) is 2. The minimum absolute atomic E-state index is 0.0462. The van der Waals surface area contributed by atoms with Crippen LogP contribution in [0.1, 0.15) is 21.5 Å². The van der Waals surface area contributed by atoms with Crippen molar-refractivity contribution < 1.29 is 9.18 Å². The molecule has 0 aliphatic heterocycles. The molecule has 0 saturated heterocycles. The van der Waals surface area contributed by atoms with Gasteiger partial charge in [-0.2, -0.15) is 4.99 Å². The van der Waals surface area contributed by atoms with E-state index < -0.39 is 11.7 Å². The fourth-order valence-corrected chi connectivity index (χ4v) is 3.70. The minimum atomic E-state index is -0.611. The maximum absolute atomic E-state index is 13.8. The number of rotatable bonds is 2. The zero-order valence-corrected chi connectivity index (χ0v) is 14.2. The molecule has 0 spiro atoms. The third-order valence-corrected chi connectivity index (χ3v) is 4.89. The molecule has 3 aromatic rings. The molecule has 0 saturated carbocycles. The molecule has 2 aromatic carbocycles. The zero-order chi connectivity index (χ0) is 17.3. The van der Waals surface area contributed by atoms with Gasteiger partial charge in [0, 0.05) is 0 Å². The average molecular weight is 338 g/mol. The molecule has 0 unspecified atom stereocenters. The van der Waals surface area contributed by atoms with Crippen LogP contribution >= 0.6 is 11.3 Å². The number of halogens is 1. The summed E-state index contributed by atoms with van der Waals surface area (Å²) in [5.41, 5.74) is 3.10. The molecule has 3 rings (SSSR count). The zero-order valence-electron chi connectivity index (χ0n) is 13.3. The van der Waals surface area contributed by atoms with Crippen molar-refractivity contribution in [1.29, 1.82) is 0 Å². The van der Waals surface area contributed by atoms with Gasteiger partial charge in [-0.1, -0.05) is 35.5 Å². The van der Waals surface area contributed by atoms with E-state index in [-0.39, 0.29) is 5.56 Å². The maximum Gasteiger partial charge on any atom is 0.282 e. The van der Waals surface area contributed by atoms with Crippen molar-refractivity contribution in [1.82, 2.24) is 4.57 Å². The second-order valence-electron chi connectivity index (χ2n) is 5.50. The molecule has 0 bridgehead atoms. The second-order valence-corrected chi connectivity index (χ2v) is 6.48. The van der Waals surface area contributed by atoms with E-state index in [1.807, 2.05) is 24.5 Å². The van der Waals surface area contributed by atoms with Crippen LogP contribution in [-0.4, -0.2) is 10.5 Å². The van der Waals surface area contributed by atoms with Gasteiger partial charge in [0.05, 0.1) is 22.3 Å². The molecule has 24 heavy (non-hydrogen) atoms. The van der Waals surface area contributed by atoms with Gasteiger partial charge in [0.25, 0.3) is 5.91 Å². The number of aromatic nitrogens is 1. The van der Waals surface area contributed by atoms with Gasteiger partial charge in [-0.3, -0.25) is 4.79 Å². The molecule has 0 aliphatic rings. The van der Waals surface area contributed by atoms with Crippen LogP contribution in [0.3, 0.4) is 0 Å². The van der Waals surface area contributed by atoms with Crippen LogP contribution in [0.15, 0.2) is 41.4 Å². The van der Waals surface area contributed by atoms with E-state index in [2.05, 4.69) is 17.0 Å². The maximum atomic E-state index is 13.8. The lowest BCUT2D eigenvalue weighted by Gasteiger charge is -2.03. The van der Waals surface area contributed by atoms with Crippen molar-refractivity contribution in [2.45, 2.75) is 20.4 Å². The Balaban J connectivity index is 2.24. The highest BCUT2D eigenvalue weighted by molar-refractivity contribution is 7.16. The number of hydrogen-bond donors (Lipinski definition) is 0. The third kappa shape index (κ3) is 2.89. The van der Waals surface area contributed by atoms with E-state index in [1.54, 1.807) is 6.07 Å². The highest BCUT2D eigenvalue weighted by Gasteiger charge is 2.13. The molecule has 0 fully saturated rings. The molecular formula is C19H15FN2OS. The summed E-state index contributed by atoms with van der Waals surface area (Å²) in [7, 11) is 0. The number of terminal acetylenes is 1. The van der Waals surface area contributed by atoms with Gasteiger partial charge < -0.3 is 4.57 Å². The first kappa shape index (κ1) is 16.2. The van der Waals surface area contributed by atoms with Crippen LogP contribution in [0.5, 0.6) is 0 Å². The number of amides is 1. The highest BCUT2D eigenvalue weighted by atomic mass is 32.1. The van der Waals surface area contributed by atoms with E-state index in [9.17, 15) is 9.18 Å². The Morgan fingerprint density at radius 3 is 2.79 bits per heavy atom. The third-order valence-electron chi connectivity index (χ3n) is 3.67. The predicted octanol–water partition coefficient (Wildman–Crippen LogP) is 3.83. The van der Waals surface area contributed by atoms with Crippen LogP contribution < -0.4 is 4.80 Å². The van der Waals surface area contributed by atoms with E-state index in [0.29, 0.717) is 11.3 Å². The summed E-state index contributed by atoms with van der Waals surface area (Å²) in [6.45, 7) is 4.31. The molecular weight excluding hydrogens is 323 g/mol. The fourth-order valence-electron chi connectivity index (χ4n) is 2.62. The molecule has 5 heteroatoms. The Bertz CT molecular complexity index is 1050. The molecule has 1 aromatic heterocycles. The SMILES string of the molecule is C#CCn1c(=NC(=O)c2ccccc2F)sc2c(C)cc(C)cc21. The number of aryl methyl sites for hydroxylation is 2. The molecule has 0 atom stereocenters. The Kier molecular flexibility index (Phi) is 4.32. The number of thiazole rings is 1. The van der Waals surface area contributed by atoms with Gasteiger partial charge in [0.1, 0.15) is 5.82 Å². The number of fused-ring (bicyclic) bond motifs is 1. The highest BCUT2D eigenvalue weighted by Crippen LogP contribution is 2.23. The van der Waals surface area contributed by atoms with Crippen LogP contribution in [0.4, 0.5) is 4.39 Å². The minimum Gasteiger partial charge on any atom is -0.305 e. The molecule has 1 heterocycles. The topological polar surface area (TPSA) is 34.4 Å². The molecule has 0 aliphatic carbocycles. The predicted molar refractivity (Wildman–Crippen MR) is 94.4 cm³/mol. The average Bonchev–Trinajstić information content (AvgIpc) is 2.86. The first-order valence-corrected chi connectivity index (χ1v) is 8.20. The first-order chi connectivity index (χ1) is 11.5. The summed E-state index contributed by atoms with van der Waals surface area (Å²) in [6.07, 6.45) is 5.47. The second kappa shape index (κ2) is 6.42. The lowest BCUT2D eigenvalue weighted by molar-refractivity contribution is 0.0994. The number of carbonyl (C=O) groups excluding carboxylic acids is 1. The normalized spacial score (nSPS) is 11.7. The van der Waals surface area contributed by atoms with E-state index >= 15 is 0 Å². The van der Waals surface area contributed by atoms with Gasteiger partial charge in [-0.05, 0) is 43.2 Å². The van der Waals surface area contributed by atoms with Crippen molar-refractivity contribution in [3.63, 3.8) is 0 Å². The molecule has 0 N–H and O–H groups in total. The van der Waals surface area contributed by atoms with Gasteiger partial charge >= 0.3 is 0 Å². The Hall–Kier alpha value is -2.71. The summed E-state index contributed by atoms with van der Waals surface area (Å²) in [5, 5.41) is 0. The van der Waals surface area contributed by atoms with Gasteiger partial charge in [-0.15, -0.1) is 6.42 Å². The Morgan fingerprint density at radius 1 is 1.33 bits per heavy atom. The van der Waals surface area contributed by atoms with Crippen molar-refractivity contribution in [2.24, 2.45) is 4.99 Å². The number of nitrogens with zero attached hydrogens (tertiary/aromatic N) is 2. The van der Waals surface area contributed by atoms with Crippen molar-refractivity contribution >= 4 is 27.5 Å². The van der Waals surface area contributed by atoms with Gasteiger partial charge in [0.15, 0.2) is 4.80 Å². The smallest absolute Gasteiger partial charge is 0.282 e. The lowest BCUT2D eigenvalue weighted by atomic mass is 10.1. The van der Waals surface area contributed by atoms with Gasteiger partial charge in [0.2, 0.25) is 0 Å². The summed E-state index contributed by atoms with van der Waals surface area (Å²) in [4.78, 5) is 17.0.